The Kier molecular flexibility index (Phi) is 7.65. The van der Waals surface area contributed by atoms with Crippen molar-refractivity contribution < 1.29 is 8.42 Å². The van der Waals surface area contributed by atoms with Crippen molar-refractivity contribution in [3.63, 3.8) is 0 Å². The first kappa shape index (κ1) is 20.9. The van der Waals surface area contributed by atoms with Crippen LogP contribution in [-0.4, -0.2) is 39.0 Å². The van der Waals surface area contributed by atoms with Crippen molar-refractivity contribution in [1.82, 2.24) is 9.62 Å². The van der Waals surface area contributed by atoms with E-state index < -0.39 is 10.0 Å². The molecule has 2 aromatic rings. The van der Waals surface area contributed by atoms with E-state index in [0.717, 1.165) is 50.0 Å². The molecular weight excluding hydrogens is 368 g/mol. The van der Waals surface area contributed by atoms with Gasteiger partial charge in [0.05, 0.1) is 4.90 Å². The molecule has 0 atom stereocenters. The van der Waals surface area contributed by atoms with Crippen molar-refractivity contribution >= 4 is 22.4 Å². The normalized spacial score (nSPS) is 16.2. The number of likely N-dealkylation sites (tertiary alicyclic amines) is 1. The number of hydrogen-bond acceptors (Lipinski definition) is 3. The Labute approximate surface area is 163 Å². The number of nitrogens with zero attached hydrogens (tertiary/aromatic N) is 1. The van der Waals surface area contributed by atoms with E-state index in [4.69, 9.17) is 0 Å². The van der Waals surface area contributed by atoms with Crippen molar-refractivity contribution in [1.29, 1.82) is 0 Å². The molecule has 26 heavy (non-hydrogen) atoms. The monoisotopic (exact) mass is 394 g/mol. The van der Waals surface area contributed by atoms with Gasteiger partial charge in [-0.1, -0.05) is 55.5 Å². The van der Waals surface area contributed by atoms with E-state index in [1.54, 1.807) is 12.1 Å². The molecular formula is C20H27ClN2O2S. The maximum atomic E-state index is 13.0. The number of benzene rings is 2. The first-order valence-electron chi connectivity index (χ1n) is 8.99. The van der Waals surface area contributed by atoms with Crippen molar-refractivity contribution in [3.8, 4) is 11.1 Å². The molecule has 0 bridgehead atoms. The van der Waals surface area contributed by atoms with Crippen molar-refractivity contribution in [3.05, 3.63) is 54.6 Å². The molecule has 0 aliphatic carbocycles. The minimum Gasteiger partial charge on any atom is -0.303 e. The van der Waals surface area contributed by atoms with Crippen LogP contribution in [0.2, 0.25) is 0 Å². The number of rotatable bonds is 6. The van der Waals surface area contributed by atoms with Gasteiger partial charge >= 0.3 is 0 Å². The summed E-state index contributed by atoms with van der Waals surface area (Å²) in [5.74, 6) is 0. The van der Waals surface area contributed by atoms with E-state index in [0.29, 0.717) is 4.90 Å². The SMILES string of the molecule is CCCN1CCC(NS(=O)(=O)c2ccccc2-c2ccccc2)CC1.Cl. The number of sulfonamides is 1. The smallest absolute Gasteiger partial charge is 0.241 e. The third-order valence-electron chi connectivity index (χ3n) is 4.71. The molecule has 0 spiro atoms. The number of hydrogen-bond donors (Lipinski definition) is 1. The highest BCUT2D eigenvalue weighted by atomic mass is 35.5. The second kappa shape index (κ2) is 9.51. The Morgan fingerprint density at radius 2 is 1.62 bits per heavy atom. The minimum atomic E-state index is -3.54. The van der Waals surface area contributed by atoms with Crippen LogP contribution in [0.4, 0.5) is 0 Å². The van der Waals surface area contributed by atoms with E-state index in [9.17, 15) is 8.42 Å². The van der Waals surface area contributed by atoms with Gasteiger partial charge in [0, 0.05) is 11.6 Å². The second-order valence-corrected chi connectivity index (χ2v) is 8.28. The summed E-state index contributed by atoms with van der Waals surface area (Å²) in [6, 6.07) is 16.9. The van der Waals surface area contributed by atoms with Crippen LogP contribution in [0.1, 0.15) is 26.2 Å². The van der Waals surface area contributed by atoms with Gasteiger partial charge in [-0.15, -0.1) is 12.4 Å². The molecule has 1 heterocycles. The molecule has 2 aromatic carbocycles. The maximum Gasteiger partial charge on any atom is 0.241 e. The Morgan fingerprint density at radius 1 is 1.00 bits per heavy atom. The average Bonchev–Trinajstić information content (AvgIpc) is 2.64. The summed E-state index contributed by atoms with van der Waals surface area (Å²) in [6.07, 6.45) is 2.88. The van der Waals surface area contributed by atoms with E-state index in [2.05, 4.69) is 16.5 Å². The van der Waals surface area contributed by atoms with E-state index in [1.165, 1.54) is 0 Å². The predicted molar refractivity (Wildman–Crippen MR) is 109 cm³/mol. The van der Waals surface area contributed by atoms with E-state index in [-0.39, 0.29) is 18.4 Å². The Balaban J connectivity index is 0.00000243. The third-order valence-corrected chi connectivity index (χ3v) is 6.29. The topological polar surface area (TPSA) is 49.4 Å². The Bertz CT molecular complexity index is 788. The summed E-state index contributed by atoms with van der Waals surface area (Å²) in [5, 5.41) is 0. The predicted octanol–water partition coefficient (Wildman–Crippen LogP) is 3.93. The lowest BCUT2D eigenvalue weighted by Gasteiger charge is -2.32. The zero-order chi connectivity index (χ0) is 17.7. The fourth-order valence-electron chi connectivity index (χ4n) is 3.43. The molecule has 142 valence electrons. The lowest BCUT2D eigenvalue weighted by Crippen LogP contribution is -2.44. The molecule has 0 radical (unpaired) electrons. The molecule has 1 fully saturated rings. The molecule has 1 saturated heterocycles. The quantitative estimate of drug-likeness (QED) is 0.807. The first-order chi connectivity index (χ1) is 12.1. The van der Waals surface area contributed by atoms with Crippen LogP contribution in [-0.2, 0) is 10.0 Å². The molecule has 1 N–H and O–H groups in total. The molecule has 3 rings (SSSR count). The van der Waals surface area contributed by atoms with Crippen LogP contribution in [0, 0.1) is 0 Å². The van der Waals surface area contributed by atoms with Crippen LogP contribution in [0.3, 0.4) is 0 Å². The van der Waals surface area contributed by atoms with Crippen molar-refractivity contribution in [2.45, 2.75) is 37.1 Å². The van der Waals surface area contributed by atoms with Crippen LogP contribution in [0.15, 0.2) is 59.5 Å². The van der Waals surface area contributed by atoms with Gasteiger partial charge in [0.25, 0.3) is 0 Å². The maximum absolute atomic E-state index is 13.0. The molecule has 6 heteroatoms. The van der Waals surface area contributed by atoms with Gasteiger partial charge in [-0.25, -0.2) is 13.1 Å². The van der Waals surface area contributed by atoms with Gasteiger partial charge in [0.1, 0.15) is 0 Å². The van der Waals surface area contributed by atoms with Gasteiger partial charge in [-0.3, -0.25) is 0 Å². The number of halogens is 1. The van der Waals surface area contributed by atoms with Crippen molar-refractivity contribution in [2.75, 3.05) is 19.6 Å². The highest BCUT2D eigenvalue weighted by Crippen LogP contribution is 2.27. The first-order valence-corrected chi connectivity index (χ1v) is 10.5. The Morgan fingerprint density at radius 3 is 2.27 bits per heavy atom. The Hall–Kier alpha value is -1.40. The van der Waals surface area contributed by atoms with Crippen molar-refractivity contribution in [2.24, 2.45) is 0 Å². The average molecular weight is 395 g/mol. The van der Waals surface area contributed by atoms with Crippen LogP contribution < -0.4 is 4.72 Å². The highest BCUT2D eigenvalue weighted by Gasteiger charge is 2.26. The molecule has 1 aliphatic rings. The summed E-state index contributed by atoms with van der Waals surface area (Å²) < 4.78 is 28.9. The van der Waals surface area contributed by atoms with Gasteiger partial charge in [-0.2, -0.15) is 0 Å². The largest absolute Gasteiger partial charge is 0.303 e. The van der Waals surface area contributed by atoms with Gasteiger partial charge < -0.3 is 4.90 Å². The standard InChI is InChI=1S/C20H26N2O2S.ClH/c1-2-14-22-15-12-18(13-16-22)21-25(23,24)20-11-7-6-10-19(20)17-8-4-3-5-9-17;/h3-11,18,21H,2,12-16H2,1H3;1H. The molecule has 4 nitrogen and oxygen atoms in total. The summed E-state index contributed by atoms with van der Waals surface area (Å²) in [6.45, 7) is 5.19. The highest BCUT2D eigenvalue weighted by molar-refractivity contribution is 7.89. The van der Waals surface area contributed by atoms with Crippen LogP contribution in [0.5, 0.6) is 0 Å². The summed E-state index contributed by atoms with van der Waals surface area (Å²) in [4.78, 5) is 2.76. The second-order valence-electron chi connectivity index (χ2n) is 6.60. The molecule has 0 aromatic heterocycles. The fraction of sp³-hybridized carbons (Fsp3) is 0.400. The van der Waals surface area contributed by atoms with Gasteiger partial charge in [-0.05, 0) is 50.5 Å². The van der Waals surface area contributed by atoms with E-state index >= 15 is 0 Å². The number of nitrogens with one attached hydrogen (secondary N) is 1. The molecule has 0 unspecified atom stereocenters. The molecule has 0 saturated carbocycles. The third kappa shape index (κ3) is 5.07. The van der Waals surface area contributed by atoms with Gasteiger partial charge in [0.15, 0.2) is 0 Å². The lowest BCUT2D eigenvalue weighted by molar-refractivity contribution is 0.208. The lowest BCUT2D eigenvalue weighted by atomic mass is 10.1. The molecule has 0 amide bonds. The fourth-order valence-corrected chi connectivity index (χ4v) is 4.97. The van der Waals surface area contributed by atoms with Crippen LogP contribution >= 0.6 is 12.4 Å². The zero-order valence-corrected chi connectivity index (χ0v) is 16.7. The van der Waals surface area contributed by atoms with E-state index in [1.807, 2.05) is 42.5 Å². The van der Waals surface area contributed by atoms with Gasteiger partial charge in [0.2, 0.25) is 10.0 Å². The zero-order valence-electron chi connectivity index (χ0n) is 15.1. The number of piperidine rings is 1. The van der Waals surface area contributed by atoms with Crippen LogP contribution in [0.25, 0.3) is 11.1 Å². The minimum absolute atomic E-state index is 0. The molecule has 1 aliphatic heterocycles. The summed E-state index contributed by atoms with van der Waals surface area (Å²) in [7, 11) is -3.54. The summed E-state index contributed by atoms with van der Waals surface area (Å²) >= 11 is 0. The summed E-state index contributed by atoms with van der Waals surface area (Å²) in [5.41, 5.74) is 1.67.